The number of rotatable bonds is 3. The highest BCUT2D eigenvalue weighted by atomic mass is 127. The molecule has 0 radical (unpaired) electrons. The van der Waals surface area contributed by atoms with Gasteiger partial charge < -0.3 is 5.32 Å². The lowest BCUT2D eigenvalue weighted by atomic mass is 10.3. The summed E-state index contributed by atoms with van der Waals surface area (Å²) in [6, 6.07) is 9.75. The highest BCUT2D eigenvalue weighted by molar-refractivity contribution is 14.1. The molecule has 5 heteroatoms. The van der Waals surface area contributed by atoms with E-state index in [0.29, 0.717) is 6.54 Å². The van der Waals surface area contributed by atoms with Crippen molar-refractivity contribution in [2.45, 2.75) is 6.54 Å². The topological polar surface area (TPSA) is 24.9 Å². The number of pyridine rings is 1. The number of halogens is 3. The Morgan fingerprint density at radius 3 is 2.76 bits per heavy atom. The Labute approximate surface area is 127 Å². The van der Waals surface area contributed by atoms with Crippen LogP contribution in [0.4, 0.5) is 5.69 Å². The summed E-state index contributed by atoms with van der Waals surface area (Å²) in [4.78, 5) is 4.30. The van der Waals surface area contributed by atoms with Gasteiger partial charge in [0.25, 0.3) is 0 Å². The lowest BCUT2D eigenvalue weighted by Crippen LogP contribution is -2.02. The van der Waals surface area contributed by atoms with Crippen LogP contribution < -0.4 is 5.32 Å². The quantitative estimate of drug-likeness (QED) is 0.723. The van der Waals surface area contributed by atoms with E-state index in [2.05, 4.69) is 48.8 Å². The molecule has 0 fully saturated rings. The molecule has 17 heavy (non-hydrogen) atoms. The third kappa shape index (κ3) is 3.82. The molecule has 0 saturated heterocycles. The summed E-state index contributed by atoms with van der Waals surface area (Å²) in [5.41, 5.74) is 2.07. The van der Waals surface area contributed by atoms with Crippen molar-refractivity contribution in [1.29, 1.82) is 0 Å². The Bertz CT molecular complexity index is 516. The fourth-order valence-electron chi connectivity index (χ4n) is 1.33. The van der Waals surface area contributed by atoms with E-state index < -0.39 is 0 Å². The van der Waals surface area contributed by atoms with Gasteiger partial charge in [0.15, 0.2) is 0 Å². The molecule has 88 valence electrons. The molecule has 0 aliphatic rings. The molecule has 0 amide bonds. The first-order valence-corrected chi connectivity index (χ1v) is 7.19. The average Bonchev–Trinajstić information content (AvgIpc) is 2.30. The Hall–Kier alpha value is -0.330. The van der Waals surface area contributed by atoms with Gasteiger partial charge in [0.2, 0.25) is 0 Å². The van der Waals surface area contributed by atoms with Crippen LogP contribution in [0.1, 0.15) is 5.69 Å². The van der Waals surface area contributed by atoms with Gasteiger partial charge >= 0.3 is 0 Å². The van der Waals surface area contributed by atoms with Gasteiger partial charge in [-0.1, -0.05) is 11.6 Å². The van der Waals surface area contributed by atoms with Gasteiger partial charge in [0, 0.05) is 24.9 Å². The first-order valence-electron chi connectivity index (χ1n) is 4.94. The number of anilines is 1. The molecule has 0 unspecified atom stereocenters. The minimum absolute atomic E-state index is 0.699. The number of hydrogen-bond acceptors (Lipinski definition) is 2. The van der Waals surface area contributed by atoms with Crippen LogP contribution in [0, 0.1) is 3.57 Å². The van der Waals surface area contributed by atoms with Crippen LogP contribution in [0.15, 0.2) is 41.0 Å². The van der Waals surface area contributed by atoms with E-state index in [1.807, 2.05) is 30.3 Å². The maximum Gasteiger partial charge on any atom is 0.0595 e. The number of nitrogens with one attached hydrogen (secondary N) is 1. The fourth-order valence-corrected chi connectivity index (χ4v) is 2.63. The molecule has 0 aliphatic heterocycles. The predicted molar refractivity (Wildman–Crippen MR) is 83.4 cm³/mol. The highest BCUT2D eigenvalue weighted by Crippen LogP contribution is 2.22. The van der Waals surface area contributed by atoms with Crippen molar-refractivity contribution in [1.82, 2.24) is 4.98 Å². The molecule has 1 heterocycles. The molecule has 0 atom stereocenters. The van der Waals surface area contributed by atoms with Gasteiger partial charge in [-0.15, -0.1) is 0 Å². The summed E-state index contributed by atoms with van der Waals surface area (Å²) in [6.07, 6.45) is 1.80. The summed E-state index contributed by atoms with van der Waals surface area (Å²) in [7, 11) is 0. The average molecular weight is 423 g/mol. The SMILES string of the molecule is Clc1ccc(NCc2ccc(Br)cn2)c(I)c1. The van der Waals surface area contributed by atoms with Crippen molar-refractivity contribution in [3.05, 3.63) is 55.3 Å². The second-order valence-corrected chi connectivity index (χ2v) is 5.96. The van der Waals surface area contributed by atoms with E-state index in [-0.39, 0.29) is 0 Å². The number of hydrogen-bond donors (Lipinski definition) is 1. The second kappa shape index (κ2) is 6.02. The van der Waals surface area contributed by atoms with Crippen molar-refractivity contribution in [3.63, 3.8) is 0 Å². The van der Waals surface area contributed by atoms with Crippen molar-refractivity contribution < 1.29 is 0 Å². The number of nitrogens with zero attached hydrogens (tertiary/aromatic N) is 1. The Morgan fingerprint density at radius 2 is 2.12 bits per heavy atom. The van der Waals surface area contributed by atoms with Gasteiger partial charge in [-0.3, -0.25) is 4.98 Å². The smallest absolute Gasteiger partial charge is 0.0595 e. The van der Waals surface area contributed by atoms with E-state index in [9.17, 15) is 0 Å². The van der Waals surface area contributed by atoms with E-state index in [1.165, 1.54) is 0 Å². The van der Waals surface area contributed by atoms with Crippen LogP contribution in [0.3, 0.4) is 0 Å². The van der Waals surface area contributed by atoms with Gasteiger partial charge in [-0.25, -0.2) is 0 Å². The molecule has 2 nitrogen and oxygen atoms in total. The van der Waals surface area contributed by atoms with E-state index in [4.69, 9.17) is 11.6 Å². The third-order valence-electron chi connectivity index (χ3n) is 2.18. The Kier molecular flexibility index (Phi) is 4.64. The molecule has 0 spiro atoms. The Morgan fingerprint density at radius 1 is 1.29 bits per heavy atom. The zero-order chi connectivity index (χ0) is 12.3. The van der Waals surface area contributed by atoms with Gasteiger partial charge in [-0.05, 0) is 68.9 Å². The molecule has 2 aromatic rings. The van der Waals surface area contributed by atoms with E-state index >= 15 is 0 Å². The van der Waals surface area contributed by atoms with Crippen molar-refractivity contribution >= 4 is 55.8 Å². The highest BCUT2D eigenvalue weighted by Gasteiger charge is 2.01. The zero-order valence-electron chi connectivity index (χ0n) is 8.75. The maximum absolute atomic E-state index is 5.90. The van der Waals surface area contributed by atoms with Crippen molar-refractivity contribution in [2.75, 3.05) is 5.32 Å². The lowest BCUT2D eigenvalue weighted by molar-refractivity contribution is 1.04. The minimum atomic E-state index is 0.699. The Balaban J connectivity index is 2.04. The lowest BCUT2D eigenvalue weighted by Gasteiger charge is -2.08. The minimum Gasteiger partial charge on any atom is -0.379 e. The van der Waals surface area contributed by atoms with Crippen LogP contribution in [-0.4, -0.2) is 4.98 Å². The maximum atomic E-state index is 5.90. The van der Waals surface area contributed by atoms with Crippen molar-refractivity contribution in [3.8, 4) is 0 Å². The zero-order valence-corrected chi connectivity index (χ0v) is 13.3. The number of aromatic nitrogens is 1. The standard InChI is InChI=1S/C12H9BrClIN2/c13-8-1-3-10(16-6-8)7-17-12-4-2-9(14)5-11(12)15/h1-6,17H,7H2. The number of benzene rings is 1. The van der Waals surface area contributed by atoms with E-state index in [1.54, 1.807) is 6.20 Å². The van der Waals surface area contributed by atoms with Gasteiger partial charge in [-0.2, -0.15) is 0 Å². The molecule has 0 aliphatic carbocycles. The molecule has 2 rings (SSSR count). The summed E-state index contributed by atoms with van der Waals surface area (Å²) in [6.45, 7) is 0.699. The molecule has 1 N–H and O–H groups in total. The van der Waals surface area contributed by atoms with Gasteiger partial charge in [0.05, 0.1) is 12.2 Å². The predicted octanol–water partition coefficient (Wildman–Crippen LogP) is 4.71. The second-order valence-electron chi connectivity index (χ2n) is 3.45. The molecule has 1 aromatic heterocycles. The summed E-state index contributed by atoms with van der Waals surface area (Å²) in [5, 5.41) is 4.08. The first kappa shape index (κ1) is 13.1. The van der Waals surface area contributed by atoms with Crippen LogP contribution in [-0.2, 0) is 6.54 Å². The largest absolute Gasteiger partial charge is 0.379 e. The monoisotopic (exact) mass is 422 g/mol. The van der Waals surface area contributed by atoms with Crippen LogP contribution in [0.25, 0.3) is 0 Å². The van der Waals surface area contributed by atoms with Crippen molar-refractivity contribution in [2.24, 2.45) is 0 Å². The van der Waals surface area contributed by atoms with Gasteiger partial charge in [0.1, 0.15) is 0 Å². The van der Waals surface area contributed by atoms with Crippen LogP contribution in [0.5, 0.6) is 0 Å². The summed E-state index contributed by atoms with van der Waals surface area (Å²) in [5.74, 6) is 0. The molecule has 1 aromatic carbocycles. The third-order valence-corrected chi connectivity index (χ3v) is 3.78. The van der Waals surface area contributed by atoms with E-state index in [0.717, 1.165) is 24.4 Å². The molecular formula is C12H9BrClIN2. The summed E-state index contributed by atoms with van der Waals surface area (Å²) < 4.78 is 2.09. The molecule has 0 bridgehead atoms. The normalized spacial score (nSPS) is 10.3. The van der Waals surface area contributed by atoms with Crippen LogP contribution >= 0.6 is 50.1 Å². The first-order chi connectivity index (χ1) is 8.15. The fraction of sp³-hybridized carbons (Fsp3) is 0.0833. The van der Waals surface area contributed by atoms with Crippen LogP contribution in [0.2, 0.25) is 5.02 Å². The molecule has 0 saturated carbocycles. The summed E-state index contributed by atoms with van der Waals surface area (Å²) >= 11 is 11.5. The molecular weight excluding hydrogens is 414 g/mol.